The zero-order valence-electron chi connectivity index (χ0n) is 12.7. The molecule has 0 spiro atoms. The van der Waals surface area contributed by atoms with Crippen LogP contribution < -0.4 is 10.2 Å². The summed E-state index contributed by atoms with van der Waals surface area (Å²) in [7, 11) is 5.64. The molecule has 0 amide bonds. The largest absolute Gasteiger partial charge is 0.357 e. The molecule has 1 aromatic heterocycles. The fourth-order valence-corrected chi connectivity index (χ4v) is 1.82. The monoisotopic (exact) mass is 271 g/mol. The van der Waals surface area contributed by atoms with Crippen molar-refractivity contribution in [2.24, 2.45) is 0 Å². The van der Waals surface area contributed by atoms with Crippen LogP contribution in [0.15, 0.2) is 24.3 Å². The Morgan fingerprint density at radius 3 is 2.15 bits per heavy atom. The van der Waals surface area contributed by atoms with Crippen LogP contribution in [0.3, 0.4) is 0 Å². The SMILES string of the molecule is CNc1nc(-c2ccc(C(C)C)cc2)nc(N(C)C)n1. The Bertz CT molecular complexity index is 575. The predicted octanol–water partition coefficient (Wildman–Crippen LogP) is 2.77. The van der Waals surface area contributed by atoms with E-state index >= 15 is 0 Å². The van der Waals surface area contributed by atoms with Gasteiger partial charge in [-0.3, -0.25) is 0 Å². The maximum absolute atomic E-state index is 4.49. The number of benzene rings is 1. The highest BCUT2D eigenvalue weighted by Crippen LogP contribution is 2.22. The van der Waals surface area contributed by atoms with Crippen molar-refractivity contribution in [1.82, 2.24) is 15.0 Å². The summed E-state index contributed by atoms with van der Waals surface area (Å²) >= 11 is 0. The van der Waals surface area contributed by atoms with Gasteiger partial charge in [0.05, 0.1) is 0 Å². The second-order valence-electron chi connectivity index (χ2n) is 5.20. The van der Waals surface area contributed by atoms with Gasteiger partial charge in [0.15, 0.2) is 5.82 Å². The summed E-state index contributed by atoms with van der Waals surface area (Å²) in [5, 5.41) is 2.97. The summed E-state index contributed by atoms with van der Waals surface area (Å²) in [6, 6.07) is 8.36. The van der Waals surface area contributed by atoms with Crippen molar-refractivity contribution in [3.05, 3.63) is 29.8 Å². The van der Waals surface area contributed by atoms with E-state index in [9.17, 15) is 0 Å². The Labute approximate surface area is 120 Å². The average molecular weight is 271 g/mol. The van der Waals surface area contributed by atoms with Crippen LogP contribution in [0, 0.1) is 0 Å². The third-order valence-corrected chi connectivity index (χ3v) is 3.08. The topological polar surface area (TPSA) is 53.9 Å². The molecule has 106 valence electrons. The van der Waals surface area contributed by atoms with Crippen LogP contribution in [-0.4, -0.2) is 36.1 Å². The number of hydrogen-bond acceptors (Lipinski definition) is 5. The number of nitrogens with zero attached hydrogens (tertiary/aromatic N) is 4. The van der Waals surface area contributed by atoms with E-state index in [1.165, 1.54) is 5.56 Å². The number of hydrogen-bond donors (Lipinski definition) is 1. The van der Waals surface area contributed by atoms with Gasteiger partial charge in [0.25, 0.3) is 0 Å². The van der Waals surface area contributed by atoms with Gasteiger partial charge in [0.1, 0.15) is 0 Å². The van der Waals surface area contributed by atoms with Crippen molar-refractivity contribution in [1.29, 1.82) is 0 Å². The van der Waals surface area contributed by atoms with Crippen LogP contribution in [-0.2, 0) is 0 Å². The number of nitrogens with one attached hydrogen (secondary N) is 1. The minimum atomic E-state index is 0.521. The van der Waals surface area contributed by atoms with Crippen LogP contribution in [0.25, 0.3) is 11.4 Å². The summed E-state index contributed by atoms with van der Waals surface area (Å²) in [5.74, 6) is 2.43. The van der Waals surface area contributed by atoms with Gasteiger partial charge in [-0.2, -0.15) is 15.0 Å². The Kier molecular flexibility index (Phi) is 4.17. The maximum Gasteiger partial charge on any atom is 0.230 e. The highest BCUT2D eigenvalue weighted by molar-refractivity contribution is 5.58. The molecule has 0 aliphatic heterocycles. The summed E-state index contributed by atoms with van der Waals surface area (Å²) in [6.45, 7) is 4.36. The fourth-order valence-electron chi connectivity index (χ4n) is 1.82. The average Bonchev–Trinajstić information content (AvgIpc) is 2.46. The van der Waals surface area contributed by atoms with Crippen LogP contribution in [0.4, 0.5) is 11.9 Å². The van der Waals surface area contributed by atoms with E-state index in [0.29, 0.717) is 23.6 Å². The molecule has 0 saturated carbocycles. The third kappa shape index (κ3) is 3.04. The smallest absolute Gasteiger partial charge is 0.230 e. The van der Waals surface area contributed by atoms with Crippen LogP contribution in [0.5, 0.6) is 0 Å². The predicted molar refractivity (Wildman–Crippen MR) is 83.2 cm³/mol. The van der Waals surface area contributed by atoms with Gasteiger partial charge in [-0.25, -0.2) is 0 Å². The first kappa shape index (κ1) is 14.2. The molecule has 0 atom stereocenters. The maximum atomic E-state index is 4.49. The van der Waals surface area contributed by atoms with Crippen LogP contribution in [0.2, 0.25) is 0 Å². The lowest BCUT2D eigenvalue weighted by atomic mass is 10.0. The first-order valence-corrected chi connectivity index (χ1v) is 6.72. The molecule has 2 rings (SSSR count). The highest BCUT2D eigenvalue weighted by atomic mass is 15.3. The Morgan fingerprint density at radius 1 is 1.00 bits per heavy atom. The Balaban J connectivity index is 2.43. The molecule has 1 N–H and O–H groups in total. The van der Waals surface area contributed by atoms with E-state index in [-0.39, 0.29) is 0 Å². The van der Waals surface area contributed by atoms with E-state index in [4.69, 9.17) is 0 Å². The molecule has 1 heterocycles. The molecule has 5 heteroatoms. The standard InChI is InChI=1S/C15H21N5/c1-10(2)11-6-8-12(9-7-11)13-17-14(16-3)19-15(18-13)20(4)5/h6-10H,1-5H3,(H,16,17,18,19). The Morgan fingerprint density at radius 2 is 1.65 bits per heavy atom. The van der Waals surface area contributed by atoms with Gasteiger partial charge >= 0.3 is 0 Å². The lowest BCUT2D eigenvalue weighted by molar-refractivity contribution is 0.866. The normalized spacial score (nSPS) is 10.7. The summed E-state index contributed by atoms with van der Waals surface area (Å²) in [6.07, 6.45) is 0. The molecule has 0 aliphatic rings. The van der Waals surface area contributed by atoms with E-state index in [1.54, 1.807) is 7.05 Å². The van der Waals surface area contributed by atoms with E-state index in [2.05, 4.69) is 58.4 Å². The molecule has 20 heavy (non-hydrogen) atoms. The summed E-state index contributed by atoms with van der Waals surface area (Å²) in [4.78, 5) is 15.1. The van der Waals surface area contributed by atoms with Crippen molar-refractivity contribution in [2.75, 3.05) is 31.4 Å². The van der Waals surface area contributed by atoms with E-state index in [1.807, 2.05) is 19.0 Å². The summed E-state index contributed by atoms with van der Waals surface area (Å²) < 4.78 is 0. The van der Waals surface area contributed by atoms with Gasteiger partial charge in [-0.15, -0.1) is 0 Å². The van der Waals surface area contributed by atoms with Crippen molar-refractivity contribution < 1.29 is 0 Å². The highest BCUT2D eigenvalue weighted by Gasteiger charge is 2.09. The number of anilines is 2. The minimum Gasteiger partial charge on any atom is -0.357 e. The van der Waals surface area contributed by atoms with Crippen LogP contribution in [0.1, 0.15) is 25.3 Å². The van der Waals surface area contributed by atoms with Gasteiger partial charge < -0.3 is 10.2 Å². The summed E-state index contributed by atoms with van der Waals surface area (Å²) in [5.41, 5.74) is 2.31. The molecule has 0 fully saturated rings. The molecule has 0 saturated heterocycles. The lowest BCUT2D eigenvalue weighted by Crippen LogP contribution is -2.15. The van der Waals surface area contributed by atoms with Crippen molar-refractivity contribution >= 4 is 11.9 Å². The first-order valence-electron chi connectivity index (χ1n) is 6.72. The minimum absolute atomic E-state index is 0.521. The molecule has 0 bridgehead atoms. The zero-order valence-corrected chi connectivity index (χ0v) is 12.7. The third-order valence-electron chi connectivity index (χ3n) is 3.08. The lowest BCUT2D eigenvalue weighted by Gasteiger charge is -2.13. The van der Waals surface area contributed by atoms with Gasteiger partial charge in [-0.1, -0.05) is 38.1 Å². The van der Waals surface area contributed by atoms with Crippen molar-refractivity contribution in [3.63, 3.8) is 0 Å². The van der Waals surface area contributed by atoms with Crippen LogP contribution >= 0.6 is 0 Å². The number of aromatic nitrogens is 3. The number of rotatable bonds is 4. The van der Waals surface area contributed by atoms with Gasteiger partial charge in [-0.05, 0) is 11.5 Å². The molecule has 2 aromatic rings. The molecule has 5 nitrogen and oxygen atoms in total. The fraction of sp³-hybridized carbons (Fsp3) is 0.400. The molecule has 1 aromatic carbocycles. The molecule has 0 aliphatic carbocycles. The molecule has 0 radical (unpaired) electrons. The van der Waals surface area contributed by atoms with Gasteiger partial charge in [0.2, 0.25) is 11.9 Å². The Hall–Kier alpha value is -2.17. The van der Waals surface area contributed by atoms with E-state index in [0.717, 1.165) is 5.56 Å². The molecular weight excluding hydrogens is 250 g/mol. The second-order valence-corrected chi connectivity index (χ2v) is 5.20. The van der Waals surface area contributed by atoms with Gasteiger partial charge in [0, 0.05) is 26.7 Å². The van der Waals surface area contributed by atoms with E-state index < -0.39 is 0 Å². The molecule has 0 unspecified atom stereocenters. The molecular formula is C15H21N5. The first-order chi connectivity index (χ1) is 9.51. The zero-order chi connectivity index (χ0) is 14.7. The van der Waals surface area contributed by atoms with Crippen molar-refractivity contribution in [3.8, 4) is 11.4 Å². The quantitative estimate of drug-likeness (QED) is 0.926. The second kappa shape index (κ2) is 5.86. The van der Waals surface area contributed by atoms with Crippen molar-refractivity contribution in [2.45, 2.75) is 19.8 Å².